The first-order chi connectivity index (χ1) is 15.9. The number of carbonyl (C=O) groups is 2. The van der Waals surface area contributed by atoms with Crippen LogP contribution in [0.2, 0.25) is 5.02 Å². The fraction of sp³-hybridized carbons (Fsp3) is 0.154. The number of amides is 2. The van der Waals surface area contributed by atoms with Gasteiger partial charge in [-0.25, -0.2) is 9.29 Å². The third-order valence-corrected chi connectivity index (χ3v) is 5.61. The smallest absolute Gasteiger partial charge is 0.282 e. The largest absolute Gasteiger partial charge is 0.494 e. The normalized spacial score (nSPS) is 13.6. The lowest BCUT2D eigenvalue weighted by Crippen LogP contribution is -2.32. The molecule has 1 N–H and O–H groups in total. The van der Waals surface area contributed by atoms with Crippen LogP contribution >= 0.6 is 11.6 Å². The number of nitrogens with one attached hydrogen (secondary N) is 1. The van der Waals surface area contributed by atoms with E-state index in [2.05, 4.69) is 5.32 Å². The summed E-state index contributed by atoms with van der Waals surface area (Å²) in [5.41, 5.74) is 2.41. The Bertz CT molecular complexity index is 1250. The lowest BCUT2D eigenvalue weighted by Gasteiger charge is -2.15. The third-order valence-electron chi connectivity index (χ3n) is 5.21. The molecule has 3 aromatic rings. The minimum atomic E-state index is -0.580. The van der Waals surface area contributed by atoms with Crippen LogP contribution in [0.25, 0.3) is 5.57 Å². The topological polar surface area (TPSA) is 58.6 Å². The highest BCUT2D eigenvalue weighted by atomic mass is 35.5. The first kappa shape index (κ1) is 22.6. The molecule has 7 heteroatoms. The molecule has 2 amide bonds. The Labute approximate surface area is 196 Å². The SMILES string of the molecule is CCCOc1ccc(C2=C(Nc3ccc(C)c(Cl)c3)C(=O)N(c3cccc(F)c3)C2=O)cc1. The molecular weight excluding hydrogens is 443 g/mol. The molecule has 3 aromatic carbocycles. The van der Waals surface area contributed by atoms with E-state index in [0.717, 1.165) is 23.0 Å². The fourth-order valence-corrected chi connectivity index (χ4v) is 3.70. The molecule has 1 heterocycles. The summed E-state index contributed by atoms with van der Waals surface area (Å²) in [5.74, 6) is -1.00. The number of nitrogens with zero attached hydrogens (tertiary/aromatic N) is 1. The van der Waals surface area contributed by atoms with Gasteiger partial charge in [0, 0.05) is 10.7 Å². The Morgan fingerprint density at radius 3 is 2.42 bits per heavy atom. The van der Waals surface area contributed by atoms with E-state index in [-0.39, 0.29) is 17.0 Å². The number of imide groups is 1. The van der Waals surface area contributed by atoms with Gasteiger partial charge in [-0.2, -0.15) is 0 Å². The van der Waals surface area contributed by atoms with Gasteiger partial charge in [-0.05, 0) is 66.9 Å². The van der Waals surface area contributed by atoms with E-state index in [1.807, 2.05) is 19.9 Å². The molecule has 168 valence electrons. The van der Waals surface area contributed by atoms with Crippen LogP contribution in [0.1, 0.15) is 24.5 Å². The van der Waals surface area contributed by atoms with Crippen molar-refractivity contribution in [3.63, 3.8) is 0 Å². The number of hydrogen-bond acceptors (Lipinski definition) is 4. The molecule has 1 aliphatic heterocycles. The molecule has 0 aliphatic carbocycles. The van der Waals surface area contributed by atoms with Crippen molar-refractivity contribution in [2.75, 3.05) is 16.8 Å². The second-order valence-electron chi connectivity index (χ2n) is 7.64. The van der Waals surface area contributed by atoms with E-state index in [1.54, 1.807) is 36.4 Å². The maximum absolute atomic E-state index is 13.9. The van der Waals surface area contributed by atoms with Crippen molar-refractivity contribution in [2.45, 2.75) is 20.3 Å². The average molecular weight is 465 g/mol. The van der Waals surface area contributed by atoms with Gasteiger partial charge < -0.3 is 10.1 Å². The number of benzene rings is 3. The van der Waals surface area contributed by atoms with Gasteiger partial charge >= 0.3 is 0 Å². The molecular formula is C26H22ClFN2O3. The molecule has 0 radical (unpaired) electrons. The first-order valence-electron chi connectivity index (χ1n) is 10.5. The van der Waals surface area contributed by atoms with Gasteiger partial charge in [0.2, 0.25) is 0 Å². The van der Waals surface area contributed by atoms with Crippen LogP contribution < -0.4 is 15.0 Å². The Morgan fingerprint density at radius 2 is 1.76 bits per heavy atom. The summed E-state index contributed by atoms with van der Waals surface area (Å²) in [5, 5.41) is 3.59. The summed E-state index contributed by atoms with van der Waals surface area (Å²) in [6.07, 6.45) is 0.871. The lowest BCUT2D eigenvalue weighted by molar-refractivity contribution is -0.120. The molecule has 4 rings (SSSR count). The van der Waals surface area contributed by atoms with Gasteiger partial charge in [-0.1, -0.05) is 42.8 Å². The molecule has 0 spiro atoms. The molecule has 5 nitrogen and oxygen atoms in total. The number of aryl methyl sites for hydroxylation is 1. The minimum absolute atomic E-state index is 0.0893. The fourth-order valence-electron chi connectivity index (χ4n) is 3.52. The van der Waals surface area contributed by atoms with Crippen molar-refractivity contribution < 1.29 is 18.7 Å². The Kier molecular flexibility index (Phi) is 6.47. The highest BCUT2D eigenvalue weighted by Crippen LogP contribution is 2.35. The maximum atomic E-state index is 13.9. The summed E-state index contributed by atoms with van der Waals surface area (Å²) >= 11 is 6.24. The van der Waals surface area contributed by atoms with Crippen LogP contribution in [-0.2, 0) is 9.59 Å². The van der Waals surface area contributed by atoms with Crippen LogP contribution in [0.4, 0.5) is 15.8 Å². The third kappa shape index (κ3) is 4.61. The van der Waals surface area contributed by atoms with E-state index in [1.165, 1.54) is 18.2 Å². The number of halogens is 2. The van der Waals surface area contributed by atoms with Crippen LogP contribution in [-0.4, -0.2) is 18.4 Å². The number of rotatable bonds is 7. The monoisotopic (exact) mass is 464 g/mol. The van der Waals surface area contributed by atoms with E-state index in [4.69, 9.17) is 16.3 Å². The van der Waals surface area contributed by atoms with Crippen LogP contribution in [0.5, 0.6) is 5.75 Å². The van der Waals surface area contributed by atoms with Crippen LogP contribution in [0.3, 0.4) is 0 Å². The van der Waals surface area contributed by atoms with E-state index >= 15 is 0 Å². The van der Waals surface area contributed by atoms with Crippen molar-refractivity contribution in [1.82, 2.24) is 0 Å². The van der Waals surface area contributed by atoms with Crippen molar-refractivity contribution in [1.29, 1.82) is 0 Å². The van der Waals surface area contributed by atoms with E-state index in [0.29, 0.717) is 28.6 Å². The van der Waals surface area contributed by atoms with Gasteiger partial charge in [0.15, 0.2) is 0 Å². The van der Waals surface area contributed by atoms with Gasteiger partial charge in [0.1, 0.15) is 17.3 Å². The predicted octanol–water partition coefficient (Wildman–Crippen LogP) is 5.97. The van der Waals surface area contributed by atoms with Gasteiger partial charge in [0.05, 0.1) is 17.9 Å². The van der Waals surface area contributed by atoms with Crippen LogP contribution in [0.15, 0.2) is 72.4 Å². The van der Waals surface area contributed by atoms with E-state index < -0.39 is 17.6 Å². The zero-order chi connectivity index (χ0) is 23.5. The highest BCUT2D eigenvalue weighted by Gasteiger charge is 2.40. The predicted molar refractivity (Wildman–Crippen MR) is 128 cm³/mol. The van der Waals surface area contributed by atoms with Gasteiger partial charge in [-0.3, -0.25) is 9.59 Å². The minimum Gasteiger partial charge on any atom is -0.494 e. The zero-order valence-electron chi connectivity index (χ0n) is 18.2. The maximum Gasteiger partial charge on any atom is 0.282 e. The standard InChI is InChI=1S/C26H22ClFN2O3/c1-3-13-33-21-11-8-17(9-12-21)23-24(29-19-10-7-16(2)22(27)15-19)26(32)30(25(23)31)20-6-4-5-18(28)14-20/h4-12,14-15,29H,3,13H2,1-2H3. The summed E-state index contributed by atoms with van der Waals surface area (Å²) in [7, 11) is 0. The van der Waals surface area contributed by atoms with Crippen molar-refractivity contribution in [2.24, 2.45) is 0 Å². The summed E-state index contributed by atoms with van der Waals surface area (Å²) in [6.45, 7) is 4.46. The molecule has 0 fully saturated rings. The lowest BCUT2D eigenvalue weighted by atomic mass is 10.0. The molecule has 0 aromatic heterocycles. The molecule has 33 heavy (non-hydrogen) atoms. The quantitative estimate of drug-likeness (QED) is 0.437. The first-order valence-corrected chi connectivity index (χ1v) is 10.9. The molecule has 0 unspecified atom stereocenters. The second kappa shape index (κ2) is 9.46. The van der Waals surface area contributed by atoms with Crippen LogP contribution in [0, 0.1) is 12.7 Å². The molecule has 0 bridgehead atoms. The molecule has 0 saturated heterocycles. The number of anilines is 2. The van der Waals surface area contributed by atoms with Gasteiger partial charge in [-0.15, -0.1) is 0 Å². The van der Waals surface area contributed by atoms with Gasteiger partial charge in [0.25, 0.3) is 11.8 Å². The average Bonchev–Trinajstić information content (AvgIpc) is 3.04. The summed E-state index contributed by atoms with van der Waals surface area (Å²) in [6, 6.07) is 17.6. The molecule has 0 saturated carbocycles. The van der Waals surface area contributed by atoms with Crippen molar-refractivity contribution >= 4 is 40.4 Å². The number of carbonyl (C=O) groups excluding carboxylic acids is 2. The Balaban J connectivity index is 1.77. The second-order valence-corrected chi connectivity index (χ2v) is 8.04. The summed E-state index contributed by atoms with van der Waals surface area (Å²) in [4.78, 5) is 27.8. The van der Waals surface area contributed by atoms with E-state index in [9.17, 15) is 14.0 Å². The summed E-state index contributed by atoms with van der Waals surface area (Å²) < 4.78 is 19.5. The zero-order valence-corrected chi connectivity index (χ0v) is 18.9. The Hall–Kier alpha value is -3.64. The number of hydrogen-bond donors (Lipinski definition) is 1. The van der Waals surface area contributed by atoms with Crippen molar-refractivity contribution in [3.05, 3.63) is 94.4 Å². The molecule has 1 aliphatic rings. The highest BCUT2D eigenvalue weighted by molar-refractivity contribution is 6.46. The number of ether oxygens (including phenoxy) is 1. The Morgan fingerprint density at radius 1 is 1.00 bits per heavy atom. The molecule has 0 atom stereocenters. The van der Waals surface area contributed by atoms with Crippen molar-refractivity contribution in [3.8, 4) is 5.75 Å².